The van der Waals surface area contributed by atoms with Gasteiger partial charge >= 0.3 is 0 Å². The van der Waals surface area contributed by atoms with Crippen LogP contribution >= 0.6 is 36.6 Å². The maximum Gasteiger partial charge on any atom is 0.155 e. The molecule has 0 fully saturated rings. The minimum atomic E-state index is -0.263. The molecule has 0 amide bonds. The third-order valence-electron chi connectivity index (χ3n) is 3.74. The highest BCUT2D eigenvalue weighted by Gasteiger charge is 2.33. The molecule has 1 aromatic heterocycles. The Labute approximate surface area is 153 Å². The van der Waals surface area contributed by atoms with Crippen molar-refractivity contribution in [2.75, 3.05) is 0 Å². The summed E-state index contributed by atoms with van der Waals surface area (Å²) in [6.45, 7) is 4.34. The number of aliphatic imine (C=N–C) groups is 1. The van der Waals surface area contributed by atoms with Crippen LogP contribution in [0, 0.1) is 0 Å². The van der Waals surface area contributed by atoms with Gasteiger partial charge in [0.05, 0.1) is 5.54 Å². The number of rotatable bonds is 2. The Morgan fingerprint density at radius 1 is 1.17 bits per heavy atom. The number of hydrogen-bond acceptors (Lipinski definition) is 5. The first-order valence-corrected chi connectivity index (χ1v) is 7.83. The smallest absolute Gasteiger partial charge is 0.155 e. The van der Waals surface area contributed by atoms with E-state index in [1.54, 1.807) is 18.1 Å². The van der Waals surface area contributed by atoms with E-state index < -0.39 is 0 Å². The summed E-state index contributed by atoms with van der Waals surface area (Å²) >= 11 is 1.65. The highest BCUT2D eigenvalue weighted by Crippen LogP contribution is 2.39. The quantitative estimate of drug-likeness (QED) is 0.865. The summed E-state index contributed by atoms with van der Waals surface area (Å²) in [6, 6.07) is 8.41. The van der Waals surface area contributed by atoms with Crippen LogP contribution in [0.1, 0.15) is 25.8 Å². The van der Waals surface area contributed by atoms with Gasteiger partial charge in [0.25, 0.3) is 0 Å². The van der Waals surface area contributed by atoms with Crippen LogP contribution < -0.4 is 5.73 Å². The van der Waals surface area contributed by atoms with Crippen LogP contribution in [0.4, 0.5) is 0 Å². The van der Waals surface area contributed by atoms with Gasteiger partial charge in [-0.3, -0.25) is 4.99 Å². The summed E-state index contributed by atoms with van der Waals surface area (Å²) in [5.41, 5.74) is 9.01. The molecule has 2 atom stereocenters. The lowest BCUT2D eigenvalue weighted by molar-refractivity contribution is 0.453. The second-order valence-electron chi connectivity index (χ2n) is 5.56. The van der Waals surface area contributed by atoms with E-state index in [0.717, 1.165) is 17.5 Å². The molecule has 1 aromatic carbocycles. The van der Waals surface area contributed by atoms with Gasteiger partial charge in [0, 0.05) is 23.2 Å². The Kier molecular flexibility index (Phi) is 6.86. The summed E-state index contributed by atoms with van der Waals surface area (Å²) in [4.78, 5) is 12.9. The predicted molar refractivity (Wildman–Crippen MR) is 103 cm³/mol. The maximum absolute atomic E-state index is 5.98. The van der Waals surface area contributed by atoms with Crippen molar-refractivity contribution in [1.82, 2.24) is 9.97 Å². The lowest BCUT2D eigenvalue weighted by Crippen LogP contribution is -2.32. The van der Waals surface area contributed by atoms with Gasteiger partial charge in [-0.05, 0) is 30.5 Å². The molecule has 1 aliphatic heterocycles. The fraction of sp³-hybridized carbons (Fsp3) is 0.312. The second kappa shape index (κ2) is 7.99. The minimum absolute atomic E-state index is 0. The number of hydrogen-bond donors (Lipinski definition) is 1. The molecular weight excluding hydrogens is 351 g/mol. The van der Waals surface area contributed by atoms with E-state index in [4.69, 9.17) is 10.7 Å². The fourth-order valence-corrected chi connectivity index (χ4v) is 3.86. The number of nitrogens with two attached hydrogens (primary N) is 1. The van der Waals surface area contributed by atoms with Gasteiger partial charge in [-0.15, -0.1) is 24.8 Å². The standard InChI is InChI=1S/C16H18N4S.2ClH/c1-11-7-16(2,20-15(17)21-11)14-5-3-4-12(6-14)13-8-18-10-19-9-13;;/h3-6,8-11H,7H2,1-2H3,(H2,17,20);2*1H/t11-,16+;;/m1../s1. The first-order chi connectivity index (χ1) is 10.1. The van der Waals surface area contributed by atoms with E-state index in [9.17, 15) is 0 Å². The molecule has 1 aliphatic rings. The third-order valence-corrected chi connectivity index (χ3v) is 4.64. The molecule has 2 heterocycles. The number of benzene rings is 1. The molecule has 2 aromatic rings. The lowest BCUT2D eigenvalue weighted by Gasteiger charge is -2.33. The van der Waals surface area contributed by atoms with E-state index in [1.807, 2.05) is 12.4 Å². The average Bonchev–Trinajstić information content (AvgIpc) is 2.47. The Morgan fingerprint density at radius 2 is 1.87 bits per heavy atom. The van der Waals surface area contributed by atoms with Crippen molar-refractivity contribution in [3.63, 3.8) is 0 Å². The molecule has 0 saturated heterocycles. The Balaban J connectivity index is 0.00000132. The molecule has 0 spiro atoms. The summed E-state index contributed by atoms with van der Waals surface area (Å²) in [5, 5.41) is 1.14. The van der Waals surface area contributed by atoms with E-state index >= 15 is 0 Å². The van der Waals surface area contributed by atoms with Crippen LogP contribution in [-0.2, 0) is 5.54 Å². The van der Waals surface area contributed by atoms with Crippen LogP contribution in [0.15, 0.2) is 48.0 Å². The van der Waals surface area contributed by atoms with E-state index in [0.29, 0.717) is 10.4 Å². The zero-order chi connectivity index (χ0) is 14.9. The zero-order valence-corrected chi connectivity index (χ0v) is 15.4. The molecule has 0 radical (unpaired) electrons. The maximum atomic E-state index is 5.98. The fourth-order valence-electron chi connectivity index (χ4n) is 2.79. The normalized spacial score (nSPS) is 23.2. The van der Waals surface area contributed by atoms with Crippen molar-refractivity contribution in [2.24, 2.45) is 10.7 Å². The molecular formula is C16H20Cl2N4S. The monoisotopic (exact) mass is 370 g/mol. The average molecular weight is 371 g/mol. The first kappa shape index (κ1) is 19.7. The van der Waals surface area contributed by atoms with Gasteiger partial charge in [0.1, 0.15) is 6.33 Å². The molecule has 2 N–H and O–H groups in total. The number of halogens is 2. The van der Waals surface area contributed by atoms with Gasteiger partial charge in [-0.25, -0.2) is 9.97 Å². The molecule has 0 unspecified atom stereocenters. The largest absolute Gasteiger partial charge is 0.379 e. The van der Waals surface area contributed by atoms with Crippen LogP contribution in [0.25, 0.3) is 11.1 Å². The lowest BCUT2D eigenvalue weighted by atomic mass is 9.86. The summed E-state index contributed by atoms with van der Waals surface area (Å²) in [5.74, 6) is 0. The number of amidine groups is 1. The van der Waals surface area contributed by atoms with Crippen LogP contribution in [0.2, 0.25) is 0 Å². The van der Waals surface area contributed by atoms with Gasteiger partial charge in [-0.1, -0.05) is 36.9 Å². The van der Waals surface area contributed by atoms with Crippen molar-refractivity contribution in [3.05, 3.63) is 48.5 Å². The Hall–Kier alpha value is -1.30. The molecule has 0 saturated carbocycles. The summed E-state index contributed by atoms with van der Waals surface area (Å²) < 4.78 is 0. The SMILES string of the molecule is C[C@@H]1C[C@@](C)(c2cccc(-c3cncnc3)c2)N=C(N)S1.Cl.Cl. The predicted octanol–water partition coefficient (Wildman–Crippen LogP) is 4.04. The van der Waals surface area contributed by atoms with E-state index in [1.165, 1.54) is 5.56 Å². The van der Waals surface area contributed by atoms with E-state index in [2.05, 4.69) is 48.1 Å². The molecule has 7 heteroatoms. The first-order valence-electron chi connectivity index (χ1n) is 6.95. The van der Waals surface area contributed by atoms with Gasteiger partial charge in [0.15, 0.2) is 5.17 Å². The summed E-state index contributed by atoms with van der Waals surface area (Å²) in [6.07, 6.45) is 6.17. The van der Waals surface area contributed by atoms with Crippen LogP contribution in [0.5, 0.6) is 0 Å². The van der Waals surface area contributed by atoms with E-state index in [-0.39, 0.29) is 30.4 Å². The number of aromatic nitrogens is 2. The Morgan fingerprint density at radius 3 is 2.52 bits per heavy atom. The molecule has 0 bridgehead atoms. The second-order valence-corrected chi connectivity index (χ2v) is 7.02. The molecule has 3 rings (SSSR count). The highest BCUT2D eigenvalue weighted by molar-refractivity contribution is 8.14. The van der Waals surface area contributed by atoms with Crippen molar-refractivity contribution in [3.8, 4) is 11.1 Å². The zero-order valence-electron chi connectivity index (χ0n) is 13.0. The Bertz CT molecular complexity index is 681. The van der Waals surface area contributed by atoms with Gasteiger partial charge in [-0.2, -0.15) is 0 Å². The van der Waals surface area contributed by atoms with Gasteiger partial charge < -0.3 is 5.73 Å². The molecule has 23 heavy (non-hydrogen) atoms. The topological polar surface area (TPSA) is 64.2 Å². The number of thioether (sulfide) groups is 1. The van der Waals surface area contributed by atoms with Crippen molar-refractivity contribution in [2.45, 2.75) is 31.1 Å². The van der Waals surface area contributed by atoms with Crippen molar-refractivity contribution < 1.29 is 0 Å². The van der Waals surface area contributed by atoms with Crippen molar-refractivity contribution >= 4 is 41.7 Å². The summed E-state index contributed by atoms with van der Waals surface area (Å²) in [7, 11) is 0. The number of nitrogens with zero attached hydrogens (tertiary/aromatic N) is 3. The van der Waals surface area contributed by atoms with Crippen LogP contribution in [0.3, 0.4) is 0 Å². The van der Waals surface area contributed by atoms with Crippen molar-refractivity contribution in [1.29, 1.82) is 0 Å². The van der Waals surface area contributed by atoms with Gasteiger partial charge in [0.2, 0.25) is 0 Å². The third kappa shape index (κ3) is 4.37. The molecule has 4 nitrogen and oxygen atoms in total. The highest BCUT2D eigenvalue weighted by atomic mass is 35.5. The molecule has 124 valence electrons. The molecule has 0 aliphatic carbocycles. The minimum Gasteiger partial charge on any atom is -0.379 e. The van der Waals surface area contributed by atoms with Crippen LogP contribution in [-0.4, -0.2) is 20.4 Å².